The van der Waals surface area contributed by atoms with E-state index in [4.69, 9.17) is 0 Å². The average molecular weight is 304 g/mol. The molecule has 0 aliphatic rings. The van der Waals surface area contributed by atoms with Gasteiger partial charge in [0.1, 0.15) is 0 Å². The topological polar surface area (TPSA) is 3.88 Å². The summed E-state index contributed by atoms with van der Waals surface area (Å²) in [4.78, 5) is 0. The number of rotatable bonds is 2. The minimum absolute atomic E-state index is 0.199. The van der Waals surface area contributed by atoms with Crippen molar-refractivity contribution >= 4 is 10.8 Å². The SMILES string of the molecule is Cc1cc(C(C)(C)C)cc(C)c1C[n+]1ccc2ccccc2c1. The fourth-order valence-electron chi connectivity index (χ4n) is 3.13. The van der Waals surface area contributed by atoms with Crippen LogP contribution in [0.2, 0.25) is 0 Å². The van der Waals surface area contributed by atoms with Crippen LogP contribution >= 0.6 is 0 Å². The number of pyridine rings is 1. The molecular weight excluding hydrogens is 278 g/mol. The third kappa shape index (κ3) is 3.29. The van der Waals surface area contributed by atoms with E-state index in [9.17, 15) is 0 Å². The maximum atomic E-state index is 2.35. The molecule has 1 heteroatoms. The maximum absolute atomic E-state index is 2.35. The van der Waals surface area contributed by atoms with Crippen molar-refractivity contribution in [3.63, 3.8) is 0 Å². The predicted molar refractivity (Wildman–Crippen MR) is 97.9 cm³/mol. The van der Waals surface area contributed by atoms with Gasteiger partial charge in [-0.25, -0.2) is 4.57 Å². The lowest BCUT2D eigenvalue weighted by Crippen LogP contribution is -2.34. The van der Waals surface area contributed by atoms with Gasteiger partial charge in [0.05, 0.1) is 0 Å². The molecule has 0 fully saturated rings. The molecule has 0 N–H and O–H groups in total. The Morgan fingerprint density at radius 3 is 2.09 bits per heavy atom. The highest BCUT2D eigenvalue weighted by Gasteiger charge is 2.17. The molecule has 23 heavy (non-hydrogen) atoms. The van der Waals surface area contributed by atoms with Gasteiger partial charge in [0.2, 0.25) is 0 Å². The highest BCUT2D eigenvalue weighted by Crippen LogP contribution is 2.26. The zero-order valence-electron chi connectivity index (χ0n) is 14.9. The van der Waals surface area contributed by atoms with E-state index < -0.39 is 0 Å². The summed E-state index contributed by atoms with van der Waals surface area (Å²) in [5.74, 6) is 0. The first-order valence-corrected chi connectivity index (χ1v) is 8.33. The first-order valence-electron chi connectivity index (χ1n) is 8.33. The lowest BCUT2D eigenvalue weighted by atomic mass is 9.84. The lowest BCUT2D eigenvalue weighted by Gasteiger charge is -2.21. The van der Waals surface area contributed by atoms with E-state index in [0.29, 0.717) is 0 Å². The molecule has 3 rings (SSSR count). The molecule has 0 atom stereocenters. The van der Waals surface area contributed by atoms with Crippen LogP contribution in [0.25, 0.3) is 10.8 Å². The Morgan fingerprint density at radius 2 is 1.48 bits per heavy atom. The predicted octanol–water partition coefficient (Wildman–Crippen LogP) is 5.09. The number of hydrogen-bond acceptors (Lipinski definition) is 0. The van der Waals surface area contributed by atoms with Gasteiger partial charge in [-0.15, -0.1) is 0 Å². The largest absolute Gasteiger partial charge is 0.200 e. The minimum Gasteiger partial charge on any atom is -0.200 e. The Hall–Kier alpha value is -2.15. The minimum atomic E-state index is 0.199. The Bertz CT molecular complexity index is 830. The van der Waals surface area contributed by atoms with Gasteiger partial charge in [-0.2, -0.15) is 0 Å². The fourth-order valence-corrected chi connectivity index (χ4v) is 3.13. The first-order chi connectivity index (χ1) is 10.8. The van der Waals surface area contributed by atoms with Crippen molar-refractivity contribution < 1.29 is 4.57 Å². The van der Waals surface area contributed by atoms with Gasteiger partial charge in [0.25, 0.3) is 0 Å². The summed E-state index contributed by atoms with van der Waals surface area (Å²) >= 11 is 0. The third-order valence-corrected chi connectivity index (χ3v) is 4.65. The summed E-state index contributed by atoms with van der Waals surface area (Å²) in [7, 11) is 0. The smallest absolute Gasteiger partial charge is 0.176 e. The Morgan fingerprint density at radius 1 is 0.870 bits per heavy atom. The van der Waals surface area contributed by atoms with Crippen molar-refractivity contribution in [2.24, 2.45) is 0 Å². The molecule has 0 unspecified atom stereocenters. The normalized spacial score (nSPS) is 11.9. The van der Waals surface area contributed by atoms with Gasteiger partial charge in [-0.1, -0.05) is 51.1 Å². The van der Waals surface area contributed by atoms with Crippen molar-refractivity contribution in [1.29, 1.82) is 0 Å². The van der Waals surface area contributed by atoms with Crippen LogP contribution in [-0.2, 0) is 12.0 Å². The molecule has 2 aromatic carbocycles. The average Bonchev–Trinajstić information content (AvgIpc) is 2.49. The number of hydrogen-bond donors (Lipinski definition) is 0. The third-order valence-electron chi connectivity index (χ3n) is 4.65. The summed E-state index contributed by atoms with van der Waals surface area (Å²) in [6.45, 7) is 12.2. The maximum Gasteiger partial charge on any atom is 0.176 e. The molecule has 0 radical (unpaired) electrons. The van der Waals surface area contributed by atoms with Gasteiger partial charge in [-0.05, 0) is 47.4 Å². The van der Waals surface area contributed by atoms with Crippen molar-refractivity contribution in [3.8, 4) is 0 Å². The Balaban J connectivity index is 1.98. The van der Waals surface area contributed by atoms with Crippen LogP contribution in [-0.4, -0.2) is 0 Å². The van der Waals surface area contributed by atoms with Crippen LogP contribution in [0.3, 0.4) is 0 Å². The van der Waals surface area contributed by atoms with Crippen LogP contribution in [0.5, 0.6) is 0 Å². The lowest BCUT2D eigenvalue weighted by molar-refractivity contribution is -0.687. The quantitative estimate of drug-likeness (QED) is 0.581. The summed E-state index contributed by atoms with van der Waals surface area (Å²) in [6, 6.07) is 15.4. The molecule has 1 aromatic heterocycles. The highest BCUT2D eigenvalue weighted by molar-refractivity contribution is 5.80. The van der Waals surface area contributed by atoms with E-state index >= 15 is 0 Å². The first kappa shape index (κ1) is 15.7. The molecule has 0 aliphatic carbocycles. The van der Waals surface area contributed by atoms with Crippen LogP contribution in [0.1, 0.15) is 43.0 Å². The molecule has 0 bridgehead atoms. The van der Waals surface area contributed by atoms with E-state index in [-0.39, 0.29) is 5.41 Å². The number of fused-ring (bicyclic) bond motifs is 1. The second-order valence-electron chi connectivity index (χ2n) is 7.58. The van der Waals surface area contributed by atoms with Crippen molar-refractivity contribution in [1.82, 2.24) is 0 Å². The zero-order chi connectivity index (χ0) is 16.6. The molecule has 0 amide bonds. The van der Waals surface area contributed by atoms with Crippen molar-refractivity contribution in [2.75, 3.05) is 0 Å². The molecular formula is C22H26N+. The standard InChI is InChI=1S/C22H26N/c1-16-12-20(22(3,4)5)13-17(2)21(16)15-23-11-10-18-8-6-7-9-19(18)14-23/h6-14H,15H2,1-5H3/q+1. The van der Waals surface area contributed by atoms with E-state index in [1.165, 1.54) is 33.0 Å². The van der Waals surface area contributed by atoms with Crippen molar-refractivity contribution in [3.05, 3.63) is 77.1 Å². The molecule has 0 aliphatic heterocycles. The Labute approximate surface area is 139 Å². The molecule has 118 valence electrons. The molecule has 0 saturated carbocycles. The van der Waals surface area contributed by atoms with E-state index in [1.807, 2.05) is 0 Å². The monoisotopic (exact) mass is 304 g/mol. The van der Waals surface area contributed by atoms with Crippen LogP contribution < -0.4 is 4.57 Å². The van der Waals surface area contributed by atoms with Gasteiger partial charge in [0.15, 0.2) is 18.9 Å². The molecule has 0 spiro atoms. The molecule has 0 saturated heterocycles. The molecule has 1 nitrogen and oxygen atoms in total. The van der Waals surface area contributed by atoms with Gasteiger partial charge < -0.3 is 0 Å². The number of aromatic nitrogens is 1. The van der Waals surface area contributed by atoms with Crippen LogP contribution in [0.15, 0.2) is 54.9 Å². The highest BCUT2D eigenvalue weighted by atomic mass is 14.9. The summed E-state index contributed by atoms with van der Waals surface area (Å²) in [5, 5.41) is 2.58. The van der Waals surface area contributed by atoms with Crippen LogP contribution in [0, 0.1) is 13.8 Å². The molecule has 3 aromatic rings. The van der Waals surface area contributed by atoms with Gasteiger partial charge in [0, 0.05) is 17.0 Å². The van der Waals surface area contributed by atoms with E-state index in [0.717, 1.165) is 6.54 Å². The van der Waals surface area contributed by atoms with Crippen molar-refractivity contribution in [2.45, 2.75) is 46.6 Å². The number of nitrogens with zero attached hydrogens (tertiary/aromatic N) is 1. The zero-order valence-corrected chi connectivity index (χ0v) is 14.9. The summed E-state index contributed by atoms with van der Waals surface area (Å²) < 4.78 is 2.29. The molecule has 1 heterocycles. The summed E-state index contributed by atoms with van der Waals surface area (Å²) in [6.07, 6.45) is 4.42. The summed E-state index contributed by atoms with van der Waals surface area (Å²) in [5.41, 5.74) is 5.81. The van der Waals surface area contributed by atoms with E-state index in [1.54, 1.807) is 0 Å². The fraction of sp³-hybridized carbons (Fsp3) is 0.318. The number of benzene rings is 2. The van der Waals surface area contributed by atoms with Gasteiger partial charge >= 0.3 is 0 Å². The van der Waals surface area contributed by atoms with E-state index in [2.05, 4.69) is 94.0 Å². The van der Waals surface area contributed by atoms with Crippen LogP contribution in [0.4, 0.5) is 0 Å². The Kier molecular flexibility index (Phi) is 3.97. The second-order valence-corrected chi connectivity index (χ2v) is 7.58. The van der Waals surface area contributed by atoms with Gasteiger partial charge in [-0.3, -0.25) is 0 Å². The second kappa shape index (κ2) is 5.81. The number of aryl methyl sites for hydroxylation is 2.